The third kappa shape index (κ3) is 2.66. The number of carbonyl (C=O) groups excluding carboxylic acids is 2. The van der Waals surface area contributed by atoms with Crippen LogP contribution in [0.4, 0.5) is 5.69 Å². The zero-order chi connectivity index (χ0) is 15.7. The van der Waals surface area contributed by atoms with E-state index in [4.69, 9.17) is 0 Å². The molecule has 0 saturated carbocycles. The normalized spacial score (nSPS) is 20.6. The number of hydrogen-bond acceptors (Lipinski definition) is 4. The highest BCUT2D eigenvalue weighted by Crippen LogP contribution is 2.26. The monoisotopic (exact) mass is 322 g/mol. The van der Waals surface area contributed by atoms with E-state index in [2.05, 4.69) is 0 Å². The fourth-order valence-electron chi connectivity index (χ4n) is 2.89. The number of hydrogen-bond donors (Lipinski definition) is 0. The second-order valence-electron chi connectivity index (χ2n) is 5.58. The van der Waals surface area contributed by atoms with Gasteiger partial charge < -0.3 is 0 Å². The molecule has 2 heterocycles. The minimum absolute atomic E-state index is 0.204. The number of amides is 2. The largest absolute Gasteiger partial charge is 0.274 e. The number of rotatable bonds is 3. The van der Waals surface area contributed by atoms with Crippen LogP contribution in [0.15, 0.2) is 29.2 Å². The summed E-state index contributed by atoms with van der Waals surface area (Å²) < 4.78 is 26.3. The molecule has 7 heteroatoms. The van der Waals surface area contributed by atoms with Gasteiger partial charge in [-0.25, -0.2) is 8.42 Å². The third-order valence-corrected chi connectivity index (χ3v) is 5.99. The van der Waals surface area contributed by atoms with E-state index in [1.165, 1.54) is 28.6 Å². The minimum atomic E-state index is -3.47. The van der Waals surface area contributed by atoms with Crippen LogP contribution < -0.4 is 4.90 Å². The summed E-state index contributed by atoms with van der Waals surface area (Å²) in [5.74, 6) is -0.460. The Hall–Kier alpha value is -1.73. The number of nitrogens with zero attached hydrogens (tertiary/aromatic N) is 2. The number of sulfonamides is 1. The van der Waals surface area contributed by atoms with E-state index < -0.39 is 10.0 Å². The van der Waals surface area contributed by atoms with Crippen LogP contribution in [0.3, 0.4) is 0 Å². The topological polar surface area (TPSA) is 74.8 Å². The van der Waals surface area contributed by atoms with Crippen LogP contribution >= 0.6 is 0 Å². The van der Waals surface area contributed by atoms with Crippen molar-refractivity contribution < 1.29 is 18.0 Å². The molecule has 0 bridgehead atoms. The molecule has 0 aromatic heterocycles. The third-order valence-electron chi connectivity index (χ3n) is 4.08. The molecule has 1 aromatic rings. The molecule has 2 aliphatic rings. The predicted octanol–water partition coefficient (Wildman–Crippen LogP) is 1.51. The standard InChI is InChI=1S/C15H18N2O4S/c18-14-4-3-5-15(19)17(14)12-6-8-13(9-7-12)22(20,21)16-10-1-2-11-16/h6-9H,1-5,10-11H2. The summed E-state index contributed by atoms with van der Waals surface area (Å²) in [4.78, 5) is 25.1. The van der Waals surface area contributed by atoms with Crippen molar-refractivity contribution in [1.29, 1.82) is 0 Å². The molecule has 2 saturated heterocycles. The Morgan fingerprint density at radius 3 is 1.91 bits per heavy atom. The summed E-state index contributed by atoms with van der Waals surface area (Å²) in [6, 6.07) is 6.00. The molecular formula is C15H18N2O4S. The van der Waals surface area contributed by atoms with Gasteiger partial charge in [-0.15, -0.1) is 0 Å². The number of carbonyl (C=O) groups is 2. The van der Waals surface area contributed by atoms with Gasteiger partial charge >= 0.3 is 0 Å². The first kappa shape index (κ1) is 15.2. The first-order valence-electron chi connectivity index (χ1n) is 7.46. The van der Waals surface area contributed by atoms with E-state index in [-0.39, 0.29) is 16.7 Å². The van der Waals surface area contributed by atoms with Gasteiger partial charge in [-0.2, -0.15) is 4.31 Å². The molecule has 22 heavy (non-hydrogen) atoms. The highest BCUT2D eigenvalue weighted by molar-refractivity contribution is 7.89. The molecule has 2 aliphatic heterocycles. The lowest BCUT2D eigenvalue weighted by Crippen LogP contribution is -2.40. The number of piperidine rings is 1. The molecule has 0 atom stereocenters. The SMILES string of the molecule is O=C1CCCC(=O)N1c1ccc(S(=O)(=O)N2CCCC2)cc1. The maximum absolute atomic E-state index is 12.4. The van der Waals surface area contributed by atoms with E-state index in [9.17, 15) is 18.0 Å². The number of imide groups is 1. The van der Waals surface area contributed by atoms with Crippen LogP contribution in [0.2, 0.25) is 0 Å². The van der Waals surface area contributed by atoms with Gasteiger partial charge in [-0.3, -0.25) is 14.5 Å². The van der Waals surface area contributed by atoms with Crippen molar-refractivity contribution in [3.05, 3.63) is 24.3 Å². The molecule has 118 valence electrons. The molecule has 0 N–H and O–H groups in total. The van der Waals surface area contributed by atoms with Crippen LogP contribution in [0.5, 0.6) is 0 Å². The van der Waals surface area contributed by atoms with Crippen LogP contribution in [0.1, 0.15) is 32.1 Å². The van der Waals surface area contributed by atoms with E-state index in [1.54, 1.807) is 0 Å². The molecule has 3 rings (SSSR count). The minimum Gasteiger partial charge on any atom is -0.274 e. The quantitative estimate of drug-likeness (QED) is 0.791. The average Bonchev–Trinajstić information content (AvgIpc) is 3.02. The van der Waals surface area contributed by atoms with Gasteiger partial charge in [0, 0.05) is 25.9 Å². The lowest BCUT2D eigenvalue weighted by atomic mass is 10.1. The van der Waals surface area contributed by atoms with Crippen LogP contribution in [-0.4, -0.2) is 37.6 Å². The fourth-order valence-corrected chi connectivity index (χ4v) is 4.40. The van der Waals surface area contributed by atoms with Gasteiger partial charge in [-0.1, -0.05) is 0 Å². The Bertz CT molecular complexity index is 675. The molecule has 0 spiro atoms. The zero-order valence-electron chi connectivity index (χ0n) is 12.2. The van der Waals surface area contributed by atoms with E-state index in [1.807, 2.05) is 0 Å². The molecule has 2 amide bonds. The van der Waals surface area contributed by atoms with E-state index in [0.717, 1.165) is 17.7 Å². The maximum atomic E-state index is 12.4. The first-order chi connectivity index (χ1) is 10.5. The van der Waals surface area contributed by atoms with Gasteiger partial charge in [0.15, 0.2) is 0 Å². The van der Waals surface area contributed by atoms with Gasteiger partial charge in [-0.05, 0) is 43.5 Å². The summed E-state index contributed by atoms with van der Waals surface area (Å²) in [5.41, 5.74) is 0.440. The van der Waals surface area contributed by atoms with Crippen molar-refractivity contribution in [2.24, 2.45) is 0 Å². The molecule has 6 nitrogen and oxygen atoms in total. The summed E-state index contributed by atoms with van der Waals surface area (Å²) in [5, 5.41) is 0. The second-order valence-corrected chi connectivity index (χ2v) is 7.52. The molecule has 2 fully saturated rings. The molecule has 0 radical (unpaired) electrons. The predicted molar refractivity (Wildman–Crippen MR) is 80.8 cm³/mol. The smallest absolute Gasteiger partial charge is 0.243 e. The van der Waals surface area contributed by atoms with Gasteiger partial charge in [0.25, 0.3) is 0 Å². The van der Waals surface area contributed by atoms with Gasteiger partial charge in [0.1, 0.15) is 0 Å². The van der Waals surface area contributed by atoms with Crippen molar-refractivity contribution in [3.63, 3.8) is 0 Å². The first-order valence-corrected chi connectivity index (χ1v) is 8.90. The van der Waals surface area contributed by atoms with Crippen molar-refractivity contribution in [2.75, 3.05) is 18.0 Å². The van der Waals surface area contributed by atoms with Crippen molar-refractivity contribution in [3.8, 4) is 0 Å². The van der Waals surface area contributed by atoms with Crippen LogP contribution in [-0.2, 0) is 19.6 Å². The van der Waals surface area contributed by atoms with Gasteiger partial charge in [0.2, 0.25) is 21.8 Å². The maximum Gasteiger partial charge on any atom is 0.243 e. The van der Waals surface area contributed by atoms with Crippen molar-refractivity contribution in [2.45, 2.75) is 37.0 Å². The molecule has 0 aliphatic carbocycles. The Kier molecular flexibility index (Phi) is 4.01. The lowest BCUT2D eigenvalue weighted by molar-refractivity contribution is -0.129. The fraction of sp³-hybridized carbons (Fsp3) is 0.467. The summed E-state index contributed by atoms with van der Waals surface area (Å²) in [6.07, 6.45) is 3.04. The molecule has 1 aromatic carbocycles. The van der Waals surface area contributed by atoms with E-state index >= 15 is 0 Å². The Labute approximate surface area is 129 Å². The summed E-state index contributed by atoms with van der Waals surface area (Å²) >= 11 is 0. The molecule has 0 unspecified atom stereocenters. The van der Waals surface area contributed by atoms with Crippen LogP contribution in [0, 0.1) is 0 Å². The summed E-state index contributed by atoms with van der Waals surface area (Å²) in [6.45, 7) is 1.10. The van der Waals surface area contributed by atoms with Crippen molar-refractivity contribution >= 4 is 27.5 Å². The Balaban J connectivity index is 1.86. The summed E-state index contributed by atoms with van der Waals surface area (Å²) in [7, 11) is -3.47. The van der Waals surface area contributed by atoms with Crippen molar-refractivity contribution in [1.82, 2.24) is 4.31 Å². The van der Waals surface area contributed by atoms with E-state index in [0.29, 0.717) is 38.0 Å². The Morgan fingerprint density at radius 2 is 1.36 bits per heavy atom. The zero-order valence-corrected chi connectivity index (χ0v) is 13.0. The highest BCUT2D eigenvalue weighted by atomic mass is 32.2. The number of benzene rings is 1. The Morgan fingerprint density at radius 1 is 0.818 bits per heavy atom. The number of anilines is 1. The average molecular weight is 322 g/mol. The highest BCUT2D eigenvalue weighted by Gasteiger charge is 2.29. The lowest BCUT2D eigenvalue weighted by Gasteiger charge is -2.25. The van der Waals surface area contributed by atoms with Gasteiger partial charge in [0.05, 0.1) is 10.6 Å². The van der Waals surface area contributed by atoms with Crippen LogP contribution in [0.25, 0.3) is 0 Å². The molecular weight excluding hydrogens is 304 g/mol. The second kappa shape index (κ2) is 5.81.